The standard InChI is InChI=1S/C25H20BrFN2O/c1-16(17-9-11-20(27)12-10-17)15-28-25(30)22-14-24(18-5-4-6-19(26)13-18)29-23-8-3-2-7-21(22)23/h2-14,16H,15H2,1H3,(H,28,30). The number of nitrogens with zero attached hydrogens (tertiary/aromatic N) is 1. The number of benzene rings is 3. The number of hydrogen-bond acceptors (Lipinski definition) is 2. The molecule has 0 saturated carbocycles. The lowest BCUT2D eigenvalue weighted by atomic mass is 10.0. The minimum absolute atomic E-state index is 0.0622. The maximum absolute atomic E-state index is 13.2. The van der Waals surface area contributed by atoms with Crippen molar-refractivity contribution in [3.63, 3.8) is 0 Å². The van der Waals surface area contributed by atoms with Gasteiger partial charge in [0.1, 0.15) is 5.82 Å². The molecule has 0 saturated heterocycles. The summed E-state index contributed by atoms with van der Waals surface area (Å²) in [5.41, 5.74) is 4.01. The van der Waals surface area contributed by atoms with Crippen LogP contribution in [-0.4, -0.2) is 17.4 Å². The lowest BCUT2D eigenvalue weighted by Gasteiger charge is -2.15. The first-order chi connectivity index (χ1) is 14.5. The number of nitrogens with one attached hydrogen (secondary N) is 1. The van der Waals surface area contributed by atoms with Crippen LogP contribution in [0.15, 0.2) is 83.3 Å². The molecule has 0 fully saturated rings. The largest absolute Gasteiger partial charge is 0.351 e. The fraction of sp³-hybridized carbons (Fsp3) is 0.120. The monoisotopic (exact) mass is 462 g/mol. The van der Waals surface area contributed by atoms with Crippen LogP contribution in [0.4, 0.5) is 4.39 Å². The first-order valence-electron chi connectivity index (χ1n) is 9.70. The van der Waals surface area contributed by atoms with Gasteiger partial charge in [-0.05, 0) is 47.9 Å². The molecule has 30 heavy (non-hydrogen) atoms. The Labute approximate surface area is 183 Å². The summed E-state index contributed by atoms with van der Waals surface area (Å²) in [5.74, 6) is -0.357. The van der Waals surface area contributed by atoms with Gasteiger partial charge < -0.3 is 5.32 Å². The molecule has 4 rings (SSSR count). The Bertz CT molecular complexity index is 1210. The van der Waals surface area contributed by atoms with E-state index in [2.05, 4.69) is 21.2 Å². The number of aromatic nitrogens is 1. The van der Waals surface area contributed by atoms with E-state index >= 15 is 0 Å². The van der Waals surface area contributed by atoms with E-state index in [1.165, 1.54) is 12.1 Å². The highest BCUT2D eigenvalue weighted by molar-refractivity contribution is 9.10. The summed E-state index contributed by atoms with van der Waals surface area (Å²) in [6.45, 7) is 2.46. The highest BCUT2D eigenvalue weighted by atomic mass is 79.9. The van der Waals surface area contributed by atoms with E-state index in [1.54, 1.807) is 12.1 Å². The summed E-state index contributed by atoms with van der Waals surface area (Å²) in [5, 5.41) is 3.83. The first-order valence-corrected chi connectivity index (χ1v) is 10.5. The maximum Gasteiger partial charge on any atom is 0.252 e. The molecule has 3 aromatic carbocycles. The van der Waals surface area contributed by atoms with Crippen LogP contribution in [0.3, 0.4) is 0 Å². The predicted molar refractivity (Wildman–Crippen MR) is 122 cm³/mol. The Balaban J connectivity index is 1.63. The number of fused-ring (bicyclic) bond motifs is 1. The predicted octanol–water partition coefficient (Wildman–Crippen LogP) is 6.34. The third-order valence-electron chi connectivity index (χ3n) is 5.09. The topological polar surface area (TPSA) is 42.0 Å². The SMILES string of the molecule is CC(CNC(=O)c1cc(-c2cccc(Br)c2)nc2ccccc12)c1ccc(F)cc1. The van der Waals surface area contributed by atoms with Gasteiger partial charge in [0.05, 0.1) is 16.8 Å². The summed E-state index contributed by atoms with van der Waals surface area (Å²) in [6.07, 6.45) is 0. The second-order valence-electron chi connectivity index (χ2n) is 7.25. The van der Waals surface area contributed by atoms with Crippen molar-refractivity contribution in [2.75, 3.05) is 6.54 Å². The summed E-state index contributed by atoms with van der Waals surface area (Å²) < 4.78 is 14.1. The van der Waals surface area contributed by atoms with Gasteiger partial charge in [-0.1, -0.05) is 65.3 Å². The van der Waals surface area contributed by atoms with Crippen LogP contribution in [0.5, 0.6) is 0 Å². The van der Waals surface area contributed by atoms with E-state index in [9.17, 15) is 9.18 Å². The number of amides is 1. The number of halogens is 2. The maximum atomic E-state index is 13.2. The van der Waals surface area contributed by atoms with E-state index in [0.717, 1.165) is 32.2 Å². The zero-order valence-corrected chi connectivity index (χ0v) is 18.0. The van der Waals surface area contributed by atoms with E-state index in [1.807, 2.05) is 61.5 Å². The zero-order valence-electron chi connectivity index (χ0n) is 16.4. The molecular formula is C25H20BrFN2O. The number of carbonyl (C=O) groups is 1. The number of para-hydroxylation sites is 1. The van der Waals surface area contributed by atoms with Gasteiger partial charge in [-0.2, -0.15) is 0 Å². The molecule has 4 aromatic rings. The Hall–Kier alpha value is -3.05. The van der Waals surface area contributed by atoms with Crippen molar-refractivity contribution in [3.05, 3.63) is 100 Å². The van der Waals surface area contributed by atoms with Crippen LogP contribution < -0.4 is 5.32 Å². The molecule has 1 N–H and O–H groups in total. The van der Waals surface area contributed by atoms with E-state index < -0.39 is 0 Å². The van der Waals surface area contributed by atoms with Crippen LogP contribution in [0, 0.1) is 5.82 Å². The summed E-state index contributed by atoms with van der Waals surface area (Å²) in [7, 11) is 0. The molecule has 1 unspecified atom stereocenters. The summed E-state index contributed by atoms with van der Waals surface area (Å²) in [4.78, 5) is 17.8. The average molecular weight is 463 g/mol. The van der Waals surface area contributed by atoms with E-state index in [4.69, 9.17) is 4.98 Å². The van der Waals surface area contributed by atoms with Crippen molar-refractivity contribution < 1.29 is 9.18 Å². The van der Waals surface area contributed by atoms with Crippen molar-refractivity contribution in [1.29, 1.82) is 0 Å². The molecule has 150 valence electrons. The van der Waals surface area contributed by atoms with Gasteiger partial charge in [0.15, 0.2) is 0 Å². The highest BCUT2D eigenvalue weighted by Gasteiger charge is 2.15. The molecule has 3 nitrogen and oxygen atoms in total. The quantitative estimate of drug-likeness (QED) is 0.376. The van der Waals surface area contributed by atoms with Crippen molar-refractivity contribution in [2.24, 2.45) is 0 Å². The fourth-order valence-corrected chi connectivity index (χ4v) is 3.81. The molecule has 5 heteroatoms. The zero-order chi connectivity index (χ0) is 21.1. The number of carbonyl (C=O) groups excluding carboxylic acids is 1. The molecule has 0 aliphatic heterocycles. The third-order valence-corrected chi connectivity index (χ3v) is 5.58. The van der Waals surface area contributed by atoms with Crippen molar-refractivity contribution in [1.82, 2.24) is 10.3 Å². The average Bonchev–Trinajstić information content (AvgIpc) is 2.77. The highest BCUT2D eigenvalue weighted by Crippen LogP contribution is 2.27. The van der Waals surface area contributed by atoms with Gasteiger partial charge in [-0.15, -0.1) is 0 Å². The van der Waals surface area contributed by atoms with Crippen molar-refractivity contribution >= 4 is 32.7 Å². The summed E-state index contributed by atoms with van der Waals surface area (Å²) >= 11 is 3.49. The molecule has 0 radical (unpaired) electrons. The molecule has 0 aliphatic rings. The van der Waals surface area contributed by atoms with E-state index in [0.29, 0.717) is 12.1 Å². The number of rotatable bonds is 5. The van der Waals surface area contributed by atoms with Crippen LogP contribution >= 0.6 is 15.9 Å². The van der Waals surface area contributed by atoms with Gasteiger partial charge >= 0.3 is 0 Å². The molecule has 1 amide bonds. The lowest BCUT2D eigenvalue weighted by Crippen LogP contribution is -2.27. The molecule has 1 heterocycles. The molecule has 0 bridgehead atoms. The van der Waals surface area contributed by atoms with Crippen molar-refractivity contribution in [2.45, 2.75) is 12.8 Å². The Kier molecular flexibility index (Phi) is 5.91. The number of hydrogen-bond donors (Lipinski definition) is 1. The molecule has 0 aliphatic carbocycles. The Morgan fingerprint density at radius 2 is 1.80 bits per heavy atom. The molecule has 1 aromatic heterocycles. The van der Waals surface area contributed by atoms with Gasteiger partial charge in [0.25, 0.3) is 5.91 Å². The van der Waals surface area contributed by atoms with Gasteiger partial charge in [0, 0.05) is 22.0 Å². The second kappa shape index (κ2) is 8.76. The van der Waals surface area contributed by atoms with Crippen LogP contribution in [0.1, 0.15) is 28.8 Å². The third kappa shape index (κ3) is 4.41. The van der Waals surface area contributed by atoms with Gasteiger partial charge in [-0.3, -0.25) is 4.79 Å². The van der Waals surface area contributed by atoms with Gasteiger partial charge in [-0.25, -0.2) is 9.37 Å². The van der Waals surface area contributed by atoms with E-state index in [-0.39, 0.29) is 17.6 Å². The summed E-state index contributed by atoms with van der Waals surface area (Å²) in [6, 6.07) is 23.7. The second-order valence-corrected chi connectivity index (χ2v) is 8.16. The van der Waals surface area contributed by atoms with Crippen LogP contribution in [-0.2, 0) is 0 Å². The molecular weight excluding hydrogens is 443 g/mol. The van der Waals surface area contributed by atoms with Crippen LogP contribution in [0.25, 0.3) is 22.2 Å². The first kappa shape index (κ1) is 20.2. The normalized spacial score (nSPS) is 12.0. The minimum Gasteiger partial charge on any atom is -0.351 e. The smallest absolute Gasteiger partial charge is 0.252 e. The lowest BCUT2D eigenvalue weighted by molar-refractivity contribution is 0.0953. The molecule has 0 spiro atoms. The fourth-order valence-electron chi connectivity index (χ4n) is 3.41. The van der Waals surface area contributed by atoms with Gasteiger partial charge in [0.2, 0.25) is 0 Å². The Morgan fingerprint density at radius 1 is 1.03 bits per heavy atom. The minimum atomic E-state index is -0.265. The van der Waals surface area contributed by atoms with Crippen molar-refractivity contribution in [3.8, 4) is 11.3 Å². The van der Waals surface area contributed by atoms with Crippen LogP contribution in [0.2, 0.25) is 0 Å². The Morgan fingerprint density at radius 3 is 2.57 bits per heavy atom. The number of pyridine rings is 1. The molecule has 1 atom stereocenters.